The largest absolute Gasteiger partial charge is 0.497 e. The highest BCUT2D eigenvalue weighted by Gasteiger charge is 2.08. The van der Waals surface area contributed by atoms with Crippen molar-refractivity contribution in [1.82, 2.24) is 4.57 Å². The summed E-state index contributed by atoms with van der Waals surface area (Å²) in [6, 6.07) is 32.1. The Morgan fingerprint density at radius 2 is 1.66 bits per heavy atom. The Bertz CT molecular complexity index is 1500. The van der Waals surface area contributed by atoms with Gasteiger partial charge < -0.3 is 19.7 Å². The van der Waals surface area contributed by atoms with Crippen LogP contribution in [0.15, 0.2) is 103 Å². The van der Waals surface area contributed by atoms with Gasteiger partial charge in [0.05, 0.1) is 12.7 Å². The summed E-state index contributed by atoms with van der Waals surface area (Å²) in [7, 11) is 1.68. The summed E-state index contributed by atoms with van der Waals surface area (Å²) in [6.07, 6.45) is 2.05. The van der Waals surface area contributed by atoms with Gasteiger partial charge in [-0.15, -0.1) is 0 Å². The predicted molar refractivity (Wildman–Crippen MR) is 140 cm³/mol. The van der Waals surface area contributed by atoms with Crippen LogP contribution in [0.4, 0.5) is 5.69 Å². The van der Waals surface area contributed by atoms with Crippen molar-refractivity contribution in [1.29, 1.82) is 0 Å². The highest BCUT2D eigenvalue weighted by Crippen LogP contribution is 2.28. The van der Waals surface area contributed by atoms with E-state index in [1.165, 1.54) is 0 Å². The zero-order chi connectivity index (χ0) is 24.2. The summed E-state index contributed by atoms with van der Waals surface area (Å²) in [6.45, 7) is 1.31. The van der Waals surface area contributed by atoms with E-state index in [2.05, 4.69) is 64.5 Å². The molecule has 1 aromatic heterocycles. The molecule has 1 heterocycles. The fourth-order valence-electron chi connectivity index (χ4n) is 4.30. The average Bonchev–Trinajstić information content (AvgIpc) is 3.29. The van der Waals surface area contributed by atoms with Gasteiger partial charge in [-0.3, -0.25) is 0 Å². The topological polar surface area (TPSA) is 63.5 Å². The summed E-state index contributed by atoms with van der Waals surface area (Å²) in [5.41, 5.74) is 6.82. The second-order valence-electron chi connectivity index (χ2n) is 8.51. The van der Waals surface area contributed by atoms with Crippen molar-refractivity contribution in [2.24, 2.45) is 0 Å². The molecule has 35 heavy (non-hydrogen) atoms. The molecule has 0 saturated carbocycles. The van der Waals surface area contributed by atoms with Gasteiger partial charge in [0.1, 0.15) is 5.75 Å². The number of aromatic nitrogens is 1. The molecule has 5 rings (SSSR count). The number of carboxylic acid groups (broad SMARTS) is 1. The van der Waals surface area contributed by atoms with Crippen molar-refractivity contribution in [2.75, 3.05) is 12.4 Å². The third-order valence-electron chi connectivity index (χ3n) is 6.13. The van der Waals surface area contributed by atoms with Crippen LogP contribution in [0.25, 0.3) is 22.0 Å². The monoisotopic (exact) mass is 462 g/mol. The van der Waals surface area contributed by atoms with Crippen LogP contribution in [-0.4, -0.2) is 22.8 Å². The molecule has 5 aromatic rings. The van der Waals surface area contributed by atoms with Crippen LogP contribution in [0.3, 0.4) is 0 Å². The number of methoxy groups -OCH3 is 1. The highest BCUT2D eigenvalue weighted by atomic mass is 16.5. The maximum absolute atomic E-state index is 11.3. The Hall–Kier alpha value is -4.51. The lowest BCUT2D eigenvalue weighted by atomic mass is 10.0. The molecular formula is C30H26N2O3. The molecule has 0 aliphatic rings. The molecule has 174 valence electrons. The van der Waals surface area contributed by atoms with Crippen molar-refractivity contribution in [3.8, 4) is 16.9 Å². The first-order chi connectivity index (χ1) is 17.1. The van der Waals surface area contributed by atoms with Gasteiger partial charge in [-0.1, -0.05) is 48.5 Å². The maximum Gasteiger partial charge on any atom is 0.335 e. The maximum atomic E-state index is 11.3. The van der Waals surface area contributed by atoms with Gasteiger partial charge in [0.2, 0.25) is 0 Å². The fraction of sp³-hybridized carbons (Fsp3) is 0.100. The third-order valence-corrected chi connectivity index (χ3v) is 6.13. The Morgan fingerprint density at radius 1 is 0.857 bits per heavy atom. The molecule has 0 radical (unpaired) electrons. The molecule has 0 atom stereocenters. The molecule has 5 nitrogen and oxygen atoms in total. The van der Waals surface area contributed by atoms with E-state index in [9.17, 15) is 9.90 Å². The van der Waals surface area contributed by atoms with Crippen LogP contribution >= 0.6 is 0 Å². The van der Waals surface area contributed by atoms with E-state index in [0.29, 0.717) is 18.7 Å². The van der Waals surface area contributed by atoms with Crippen molar-refractivity contribution in [3.05, 3.63) is 120 Å². The number of nitrogens with one attached hydrogen (secondary N) is 1. The quantitative estimate of drug-likeness (QED) is 0.270. The first kappa shape index (κ1) is 22.3. The highest BCUT2D eigenvalue weighted by molar-refractivity contribution is 5.88. The number of carboxylic acids is 1. The predicted octanol–water partition coefficient (Wildman–Crippen LogP) is 6.68. The van der Waals surface area contributed by atoms with E-state index in [1.807, 2.05) is 30.5 Å². The average molecular weight is 463 g/mol. The minimum Gasteiger partial charge on any atom is -0.497 e. The van der Waals surface area contributed by atoms with Gasteiger partial charge >= 0.3 is 5.97 Å². The summed E-state index contributed by atoms with van der Waals surface area (Å²) >= 11 is 0. The van der Waals surface area contributed by atoms with Crippen LogP contribution in [0.5, 0.6) is 5.75 Å². The normalized spacial score (nSPS) is 10.9. The lowest BCUT2D eigenvalue weighted by Gasteiger charge is -2.11. The number of carbonyl (C=O) groups is 1. The van der Waals surface area contributed by atoms with Crippen LogP contribution in [0.1, 0.15) is 21.5 Å². The SMILES string of the molecule is COc1cccc(CNc2cccc(-c3ccc4ccn(Cc5cccc(C(=O)O)c5)c4c3)c2)c1. The number of hydrogen-bond donors (Lipinski definition) is 2. The molecule has 0 fully saturated rings. The van der Waals surface area contributed by atoms with Gasteiger partial charge in [-0.25, -0.2) is 4.79 Å². The Morgan fingerprint density at radius 3 is 2.51 bits per heavy atom. The number of fused-ring (bicyclic) bond motifs is 1. The second kappa shape index (κ2) is 9.77. The first-order valence-corrected chi connectivity index (χ1v) is 11.5. The van der Waals surface area contributed by atoms with E-state index in [4.69, 9.17) is 4.74 Å². The molecule has 0 unspecified atom stereocenters. The fourth-order valence-corrected chi connectivity index (χ4v) is 4.30. The lowest BCUT2D eigenvalue weighted by molar-refractivity contribution is 0.0696. The molecule has 0 aliphatic heterocycles. The molecular weight excluding hydrogens is 436 g/mol. The lowest BCUT2D eigenvalue weighted by Crippen LogP contribution is -2.01. The minimum atomic E-state index is -0.911. The van der Waals surface area contributed by atoms with Crippen LogP contribution in [0.2, 0.25) is 0 Å². The summed E-state index contributed by atoms with van der Waals surface area (Å²) in [4.78, 5) is 11.3. The Labute approximate surface area is 204 Å². The minimum absolute atomic E-state index is 0.304. The Balaban J connectivity index is 1.38. The molecule has 4 aromatic carbocycles. The van der Waals surface area contributed by atoms with E-state index in [0.717, 1.165) is 44.6 Å². The van der Waals surface area contributed by atoms with E-state index in [1.54, 1.807) is 25.3 Å². The van der Waals surface area contributed by atoms with Crippen molar-refractivity contribution >= 4 is 22.6 Å². The number of anilines is 1. The van der Waals surface area contributed by atoms with Gasteiger partial charge in [0.15, 0.2) is 0 Å². The summed E-state index contributed by atoms with van der Waals surface area (Å²) < 4.78 is 7.48. The number of benzene rings is 4. The smallest absolute Gasteiger partial charge is 0.335 e. The Kier molecular flexibility index (Phi) is 6.22. The molecule has 0 bridgehead atoms. The summed E-state index contributed by atoms with van der Waals surface area (Å²) in [5, 5.41) is 14.0. The molecule has 2 N–H and O–H groups in total. The van der Waals surface area contributed by atoms with Gasteiger partial charge in [-0.2, -0.15) is 0 Å². The number of hydrogen-bond acceptors (Lipinski definition) is 3. The van der Waals surface area contributed by atoms with Gasteiger partial charge in [0.25, 0.3) is 0 Å². The van der Waals surface area contributed by atoms with Crippen LogP contribution in [-0.2, 0) is 13.1 Å². The zero-order valence-electron chi connectivity index (χ0n) is 19.4. The van der Waals surface area contributed by atoms with Crippen molar-refractivity contribution in [2.45, 2.75) is 13.1 Å². The number of ether oxygens (including phenoxy) is 1. The number of nitrogens with zero attached hydrogens (tertiary/aromatic N) is 1. The number of aromatic carboxylic acids is 1. The number of rotatable bonds is 8. The van der Waals surface area contributed by atoms with Crippen molar-refractivity contribution < 1.29 is 14.6 Å². The standard InChI is InChI=1S/C30H26N2O3/c1-35-28-10-3-5-21(16-28)19-31-27-9-4-7-24(17-27)25-12-11-23-13-14-32(29(23)18-25)20-22-6-2-8-26(15-22)30(33)34/h2-18,31H,19-20H2,1H3,(H,33,34). The van der Waals surface area contributed by atoms with E-state index < -0.39 is 5.97 Å². The van der Waals surface area contributed by atoms with Gasteiger partial charge in [0, 0.05) is 30.5 Å². The van der Waals surface area contributed by atoms with Gasteiger partial charge in [-0.05, 0) is 76.2 Å². The van der Waals surface area contributed by atoms with E-state index in [-0.39, 0.29) is 0 Å². The van der Waals surface area contributed by atoms with E-state index >= 15 is 0 Å². The van der Waals surface area contributed by atoms with Crippen LogP contribution in [0, 0.1) is 0 Å². The molecule has 0 aliphatic carbocycles. The molecule has 0 saturated heterocycles. The second-order valence-corrected chi connectivity index (χ2v) is 8.51. The molecule has 0 spiro atoms. The first-order valence-electron chi connectivity index (χ1n) is 11.5. The van der Waals surface area contributed by atoms with Crippen molar-refractivity contribution in [3.63, 3.8) is 0 Å². The van der Waals surface area contributed by atoms with Crippen LogP contribution < -0.4 is 10.1 Å². The zero-order valence-corrected chi connectivity index (χ0v) is 19.4. The summed E-state index contributed by atoms with van der Waals surface area (Å²) in [5.74, 6) is -0.0598. The third kappa shape index (κ3) is 5.04. The molecule has 5 heteroatoms. The molecule has 0 amide bonds.